The van der Waals surface area contributed by atoms with Gasteiger partial charge in [-0.3, -0.25) is 0 Å². The van der Waals surface area contributed by atoms with Gasteiger partial charge in [-0.25, -0.2) is 15.0 Å². The van der Waals surface area contributed by atoms with Crippen LogP contribution in [0.15, 0.2) is 212 Å². The van der Waals surface area contributed by atoms with E-state index in [9.17, 15) is 0 Å². The van der Waals surface area contributed by atoms with E-state index in [2.05, 4.69) is 176 Å². The van der Waals surface area contributed by atoms with Crippen LogP contribution < -0.4 is 0 Å². The molecule has 0 N–H and O–H groups in total. The molecule has 0 aliphatic carbocycles. The van der Waals surface area contributed by atoms with Gasteiger partial charge >= 0.3 is 0 Å². The molecule has 0 aliphatic heterocycles. The third kappa shape index (κ3) is 6.21. The zero-order valence-corrected chi connectivity index (χ0v) is 30.5. The smallest absolute Gasteiger partial charge is 0.160 e. The molecule has 0 amide bonds. The number of pyridine rings is 1. The van der Waals surface area contributed by atoms with Crippen molar-refractivity contribution < 1.29 is 0 Å². The van der Waals surface area contributed by atoms with E-state index in [0.29, 0.717) is 5.82 Å². The Morgan fingerprint density at radius 3 is 1.39 bits per heavy atom. The van der Waals surface area contributed by atoms with Crippen molar-refractivity contribution in [2.45, 2.75) is 0 Å². The summed E-state index contributed by atoms with van der Waals surface area (Å²) in [4.78, 5) is 15.5. The first-order chi connectivity index (χ1) is 27.8. The molecular weight excluding hydrogens is 679 g/mol. The van der Waals surface area contributed by atoms with E-state index >= 15 is 0 Å². The zero-order valence-electron chi connectivity index (χ0n) is 30.5. The van der Waals surface area contributed by atoms with Gasteiger partial charge in [-0.05, 0) is 45.5 Å². The maximum Gasteiger partial charge on any atom is 0.160 e. The molecule has 0 saturated carbocycles. The van der Waals surface area contributed by atoms with Gasteiger partial charge in [0.25, 0.3) is 0 Å². The van der Waals surface area contributed by atoms with E-state index in [1.54, 1.807) is 0 Å². The fourth-order valence-electron chi connectivity index (χ4n) is 7.76. The van der Waals surface area contributed by atoms with Crippen LogP contribution in [-0.4, -0.2) is 15.0 Å². The van der Waals surface area contributed by atoms with Crippen LogP contribution in [0.25, 0.3) is 100 Å². The molecule has 0 bridgehead atoms. The molecule has 10 rings (SSSR count). The summed E-state index contributed by atoms with van der Waals surface area (Å²) in [5.74, 6) is 0.707. The molecule has 8 aromatic carbocycles. The number of fused-ring (bicyclic) bond motifs is 3. The summed E-state index contributed by atoms with van der Waals surface area (Å²) in [6.07, 6.45) is 0. The molecule has 0 aliphatic rings. The van der Waals surface area contributed by atoms with E-state index in [1.165, 1.54) is 22.1 Å². The summed E-state index contributed by atoms with van der Waals surface area (Å²) in [7, 11) is 0. The summed E-state index contributed by atoms with van der Waals surface area (Å²) in [6, 6.07) is 74.5. The second-order valence-corrected chi connectivity index (χ2v) is 14.0. The normalized spacial score (nSPS) is 11.2. The SMILES string of the molecule is c1ccc(-c2cc(-c3ccc(-c4ccc5c(c4)nc(-c4ccccc4-c4ccccc4)c4cccc(-c6ccccc6)c45)cc3)nc(-c3ccccc3)n2)cc1. The standard InChI is InChI=1S/C53H35N3/c1-5-16-37(17-6-1)43-24-13-14-25-45(43)52-47-27-15-26-44(38-18-7-2-8-19-38)51(47)46-33-32-42(34-50(46)54-52)36-28-30-40(31-29-36)49-35-48(39-20-9-3-10-21-39)55-53(56-49)41-22-11-4-12-23-41/h1-35H. The molecular formula is C53H35N3. The van der Waals surface area contributed by atoms with E-state index in [-0.39, 0.29) is 0 Å². The molecule has 2 heterocycles. The van der Waals surface area contributed by atoms with E-state index in [4.69, 9.17) is 15.0 Å². The first-order valence-corrected chi connectivity index (χ1v) is 18.9. The molecule has 0 spiro atoms. The third-order valence-electron chi connectivity index (χ3n) is 10.5. The van der Waals surface area contributed by atoms with Gasteiger partial charge in [-0.15, -0.1) is 0 Å². The lowest BCUT2D eigenvalue weighted by molar-refractivity contribution is 1.18. The summed E-state index contributed by atoms with van der Waals surface area (Å²) in [6.45, 7) is 0. The molecule has 0 atom stereocenters. The minimum atomic E-state index is 0.707. The quantitative estimate of drug-likeness (QED) is 0.154. The lowest BCUT2D eigenvalue weighted by atomic mass is 9.90. The minimum absolute atomic E-state index is 0.707. The molecule has 3 nitrogen and oxygen atoms in total. The van der Waals surface area contributed by atoms with Crippen molar-refractivity contribution in [3.8, 4) is 78.5 Å². The Kier molecular flexibility index (Phi) is 8.51. The van der Waals surface area contributed by atoms with Gasteiger partial charge in [0.05, 0.1) is 22.6 Å². The highest BCUT2D eigenvalue weighted by atomic mass is 14.9. The van der Waals surface area contributed by atoms with E-state index < -0.39 is 0 Å². The van der Waals surface area contributed by atoms with E-state index in [1.807, 2.05) is 36.4 Å². The third-order valence-corrected chi connectivity index (χ3v) is 10.5. The van der Waals surface area contributed by atoms with Crippen LogP contribution in [0.1, 0.15) is 0 Å². The van der Waals surface area contributed by atoms with Crippen LogP contribution in [0, 0.1) is 0 Å². The first-order valence-electron chi connectivity index (χ1n) is 18.9. The Bertz CT molecular complexity index is 2920. The molecule has 0 saturated heterocycles. The van der Waals surface area contributed by atoms with Crippen molar-refractivity contribution in [2.75, 3.05) is 0 Å². The number of nitrogens with zero attached hydrogens (tertiary/aromatic N) is 3. The van der Waals surface area contributed by atoms with Gasteiger partial charge in [-0.1, -0.05) is 200 Å². The molecule has 3 heteroatoms. The summed E-state index contributed by atoms with van der Waals surface area (Å²) in [5.41, 5.74) is 14.8. The first kappa shape index (κ1) is 33.1. The van der Waals surface area contributed by atoms with Gasteiger partial charge in [0.1, 0.15) is 0 Å². The van der Waals surface area contributed by atoms with Crippen molar-refractivity contribution in [1.29, 1.82) is 0 Å². The Morgan fingerprint density at radius 1 is 0.268 bits per heavy atom. The van der Waals surface area contributed by atoms with Gasteiger partial charge in [0.15, 0.2) is 5.82 Å². The van der Waals surface area contributed by atoms with Crippen molar-refractivity contribution in [3.63, 3.8) is 0 Å². The second-order valence-electron chi connectivity index (χ2n) is 14.0. The molecule has 10 aromatic rings. The number of aromatic nitrogens is 3. The topological polar surface area (TPSA) is 38.7 Å². The van der Waals surface area contributed by atoms with Crippen molar-refractivity contribution >= 4 is 21.7 Å². The number of rotatable bonds is 7. The fraction of sp³-hybridized carbons (Fsp3) is 0. The molecule has 0 fully saturated rings. The highest BCUT2D eigenvalue weighted by Crippen LogP contribution is 2.42. The van der Waals surface area contributed by atoms with Crippen LogP contribution in [-0.2, 0) is 0 Å². The van der Waals surface area contributed by atoms with Crippen LogP contribution in [0.4, 0.5) is 0 Å². The Balaban J connectivity index is 1.12. The molecule has 0 radical (unpaired) electrons. The average Bonchev–Trinajstić information content (AvgIpc) is 3.29. The average molecular weight is 714 g/mol. The van der Waals surface area contributed by atoms with Crippen molar-refractivity contribution in [3.05, 3.63) is 212 Å². The highest BCUT2D eigenvalue weighted by Gasteiger charge is 2.18. The predicted octanol–water partition coefficient (Wildman–Crippen LogP) is 13.8. The molecule has 2 aromatic heterocycles. The Labute approximate surface area is 326 Å². The fourth-order valence-corrected chi connectivity index (χ4v) is 7.76. The number of hydrogen-bond donors (Lipinski definition) is 0. The zero-order chi connectivity index (χ0) is 37.3. The van der Waals surface area contributed by atoms with Gasteiger partial charge in [-0.2, -0.15) is 0 Å². The van der Waals surface area contributed by atoms with Crippen LogP contribution in [0.5, 0.6) is 0 Å². The monoisotopic (exact) mass is 713 g/mol. The maximum absolute atomic E-state index is 5.51. The van der Waals surface area contributed by atoms with Crippen molar-refractivity contribution in [1.82, 2.24) is 15.0 Å². The lowest BCUT2D eigenvalue weighted by Crippen LogP contribution is -1.96. The van der Waals surface area contributed by atoms with Crippen LogP contribution in [0.2, 0.25) is 0 Å². The van der Waals surface area contributed by atoms with Gasteiger partial charge < -0.3 is 0 Å². The number of hydrogen-bond acceptors (Lipinski definition) is 3. The summed E-state index contributed by atoms with van der Waals surface area (Å²) < 4.78 is 0. The highest BCUT2D eigenvalue weighted by molar-refractivity contribution is 6.18. The largest absolute Gasteiger partial charge is 0.247 e. The van der Waals surface area contributed by atoms with Crippen molar-refractivity contribution in [2.24, 2.45) is 0 Å². The molecule has 56 heavy (non-hydrogen) atoms. The Hall–Kier alpha value is -7.49. The second kappa shape index (κ2) is 14.4. The van der Waals surface area contributed by atoms with E-state index in [0.717, 1.165) is 72.3 Å². The minimum Gasteiger partial charge on any atom is -0.247 e. The molecule has 0 unspecified atom stereocenters. The van der Waals surface area contributed by atoms with Gasteiger partial charge in [0.2, 0.25) is 0 Å². The maximum atomic E-state index is 5.51. The van der Waals surface area contributed by atoms with Crippen LogP contribution >= 0.6 is 0 Å². The lowest BCUT2D eigenvalue weighted by Gasteiger charge is -2.17. The molecule has 262 valence electrons. The Morgan fingerprint density at radius 2 is 0.750 bits per heavy atom. The predicted molar refractivity (Wildman–Crippen MR) is 233 cm³/mol. The van der Waals surface area contributed by atoms with Crippen LogP contribution in [0.3, 0.4) is 0 Å². The number of benzene rings is 8. The van der Waals surface area contributed by atoms with Gasteiger partial charge in [0, 0.05) is 38.4 Å². The summed E-state index contributed by atoms with van der Waals surface area (Å²) in [5, 5.41) is 3.47. The summed E-state index contributed by atoms with van der Waals surface area (Å²) >= 11 is 0.